The summed E-state index contributed by atoms with van der Waals surface area (Å²) in [4.78, 5) is 28.8. The summed E-state index contributed by atoms with van der Waals surface area (Å²) in [5, 5.41) is 17.9. The van der Waals surface area contributed by atoms with Gasteiger partial charge in [-0.1, -0.05) is 32.3 Å². The van der Waals surface area contributed by atoms with Crippen LogP contribution < -0.4 is 15.4 Å². The van der Waals surface area contributed by atoms with Crippen molar-refractivity contribution in [1.82, 2.24) is 14.5 Å². The molecule has 0 saturated heterocycles. The summed E-state index contributed by atoms with van der Waals surface area (Å²) in [5.74, 6) is -0.236. The molecule has 13 heteroatoms. The first kappa shape index (κ1) is 36.1. The number of ether oxygens (including phenoxy) is 2. The highest BCUT2D eigenvalue weighted by atomic mass is 32.2. The van der Waals surface area contributed by atoms with Crippen molar-refractivity contribution < 1.29 is 32.6 Å². The van der Waals surface area contributed by atoms with Gasteiger partial charge in [0.1, 0.15) is 9.96 Å². The van der Waals surface area contributed by atoms with Crippen molar-refractivity contribution in [2.75, 3.05) is 38.7 Å². The topological polar surface area (TPSA) is 138 Å². The zero-order chi connectivity index (χ0) is 33.3. The molecule has 46 heavy (non-hydrogen) atoms. The third-order valence-corrected chi connectivity index (χ3v) is 12.0. The Morgan fingerprint density at radius 1 is 1.13 bits per heavy atom. The van der Waals surface area contributed by atoms with Crippen molar-refractivity contribution >= 4 is 39.0 Å². The molecule has 2 aromatic rings. The second kappa shape index (κ2) is 16.9. The second-order valence-electron chi connectivity index (χ2n) is 12.7. The van der Waals surface area contributed by atoms with Gasteiger partial charge >= 0.3 is 6.03 Å². The van der Waals surface area contributed by atoms with Gasteiger partial charge in [0.25, 0.3) is 15.9 Å². The van der Waals surface area contributed by atoms with Crippen LogP contribution in [0.5, 0.6) is 5.75 Å². The molecule has 2 aliphatic rings. The van der Waals surface area contributed by atoms with Crippen molar-refractivity contribution in [2.45, 2.75) is 101 Å². The highest BCUT2D eigenvalue weighted by Gasteiger charge is 2.32. The smallest absolute Gasteiger partial charge is 0.319 e. The van der Waals surface area contributed by atoms with Crippen LogP contribution >= 0.6 is 11.3 Å². The molecular weight excluding hydrogens is 629 g/mol. The van der Waals surface area contributed by atoms with Crippen molar-refractivity contribution in [3.63, 3.8) is 0 Å². The molecule has 2 heterocycles. The number of thiophene rings is 1. The van der Waals surface area contributed by atoms with E-state index in [0.29, 0.717) is 18.0 Å². The van der Waals surface area contributed by atoms with Gasteiger partial charge in [-0.05, 0) is 75.6 Å². The van der Waals surface area contributed by atoms with E-state index < -0.39 is 22.2 Å². The fraction of sp³-hybridized carbons (Fsp3) is 0.636. The van der Waals surface area contributed by atoms with Crippen molar-refractivity contribution in [1.29, 1.82) is 0 Å². The molecule has 1 aliphatic carbocycles. The van der Waals surface area contributed by atoms with E-state index in [1.807, 2.05) is 13.8 Å². The molecule has 3 amide bonds. The van der Waals surface area contributed by atoms with E-state index in [0.717, 1.165) is 44.9 Å². The van der Waals surface area contributed by atoms with Gasteiger partial charge in [0.15, 0.2) is 0 Å². The van der Waals surface area contributed by atoms with Crippen LogP contribution in [0.3, 0.4) is 0 Å². The first-order chi connectivity index (χ1) is 22.0. The number of nitrogens with one attached hydrogen (secondary N) is 2. The van der Waals surface area contributed by atoms with E-state index >= 15 is 0 Å². The molecule has 1 aromatic carbocycles. The van der Waals surface area contributed by atoms with Gasteiger partial charge in [-0.3, -0.25) is 4.79 Å². The minimum absolute atomic E-state index is 0.108. The third kappa shape index (κ3) is 9.66. The maximum Gasteiger partial charge on any atom is 0.319 e. The van der Waals surface area contributed by atoms with Crippen LogP contribution in [0.2, 0.25) is 0 Å². The summed E-state index contributed by atoms with van der Waals surface area (Å²) < 4.78 is 40.6. The molecular formula is C33H50N4O7S2. The van der Waals surface area contributed by atoms with Crippen LogP contribution in [0.25, 0.3) is 0 Å². The Labute approximate surface area is 277 Å². The van der Waals surface area contributed by atoms with Crippen LogP contribution in [0, 0.1) is 5.92 Å². The summed E-state index contributed by atoms with van der Waals surface area (Å²) in [6, 6.07) is 7.64. The normalized spacial score (nSPS) is 23.2. The summed E-state index contributed by atoms with van der Waals surface area (Å²) in [6.45, 7) is 6.12. The standard InChI is InChI=1S/C33H50N4O7S2/c1-23-20-37(24(2)22-38)32(39)28-19-27(35-33(40)34-26-12-6-5-7-13-26)15-16-29(28)44-25(3)11-8-9-17-43-30(23)21-36(4)46(41,42)31-14-10-18-45-31/h10,14-16,18-19,23-26,30,38H,5-9,11-13,17,20-22H2,1-4H3,(H2,34,35,40)/t23-,24+,25-,30+/m1/s1. The highest BCUT2D eigenvalue weighted by molar-refractivity contribution is 7.91. The number of sulfonamides is 1. The molecule has 1 fully saturated rings. The fourth-order valence-corrected chi connectivity index (χ4v) is 8.36. The minimum Gasteiger partial charge on any atom is -0.490 e. The SMILES string of the molecule is C[C@@H]1CCCCO[C@@H](CN(C)S(=O)(=O)c2cccs2)[C@H](C)CN([C@@H](C)CO)C(=O)c2cc(NC(=O)NC3CCCCC3)ccc2O1. The molecule has 1 saturated carbocycles. The average molecular weight is 679 g/mol. The van der Waals surface area contributed by atoms with Crippen LogP contribution in [-0.4, -0.2) is 92.3 Å². The number of aliphatic hydroxyl groups is 1. The van der Waals surface area contributed by atoms with Crippen LogP contribution in [0.4, 0.5) is 10.5 Å². The first-order valence-corrected chi connectivity index (χ1v) is 18.7. The van der Waals surface area contributed by atoms with Gasteiger partial charge in [-0.2, -0.15) is 4.31 Å². The molecule has 3 N–H and O–H groups in total. The van der Waals surface area contributed by atoms with Crippen molar-refractivity contribution in [3.05, 3.63) is 41.3 Å². The molecule has 4 atom stereocenters. The number of hydrogen-bond donors (Lipinski definition) is 3. The lowest BCUT2D eigenvalue weighted by atomic mass is 9.96. The second-order valence-corrected chi connectivity index (χ2v) is 15.9. The van der Waals surface area contributed by atoms with E-state index in [4.69, 9.17) is 9.47 Å². The Balaban J connectivity index is 1.60. The Kier molecular flexibility index (Phi) is 13.3. The number of rotatable bonds is 8. The third-order valence-electron chi connectivity index (χ3n) is 8.85. The number of benzene rings is 1. The molecule has 11 nitrogen and oxygen atoms in total. The van der Waals surface area contributed by atoms with Crippen molar-refractivity contribution in [3.8, 4) is 5.75 Å². The number of carbonyl (C=O) groups excluding carboxylic acids is 2. The number of carbonyl (C=O) groups is 2. The van der Waals surface area contributed by atoms with E-state index in [9.17, 15) is 23.1 Å². The predicted octanol–water partition coefficient (Wildman–Crippen LogP) is 5.32. The van der Waals surface area contributed by atoms with Crippen LogP contribution in [0.1, 0.15) is 82.5 Å². The number of hydrogen-bond acceptors (Lipinski definition) is 8. The zero-order valence-electron chi connectivity index (χ0n) is 27.4. The number of fused-ring (bicyclic) bond motifs is 1. The Morgan fingerprint density at radius 3 is 2.57 bits per heavy atom. The maximum absolute atomic E-state index is 14.3. The molecule has 1 aromatic heterocycles. The van der Waals surface area contributed by atoms with Crippen LogP contribution in [-0.2, 0) is 14.8 Å². The number of anilines is 1. The van der Waals surface area contributed by atoms with E-state index in [2.05, 4.69) is 10.6 Å². The predicted molar refractivity (Wildman–Crippen MR) is 180 cm³/mol. The molecule has 0 unspecified atom stereocenters. The summed E-state index contributed by atoms with van der Waals surface area (Å²) in [6.07, 6.45) is 6.90. The number of aliphatic hydroxyl groups excluding tert-OH is 1. The Bertz CT molecular complexity index is 1380. The van der Waals surface area contributed by atoms with Gasteiger partial charge in [0, 0.05) is 44.4 Å². The lowest BCUT2D eigenvalue weighted by Gasteiger charge is -2.35. The average Bonchev–Trinajstić information content (AvgIpc) is 3.59. The summed E-state index contributed by atoms with van der Waals surface area (Å²) in [7, 11) is -2.16. The first-order valence-electron chi connectivity index (χ1n) is 16.4. The Morgan fingerprint density at radius 2 is 1.87 bits per heavy atom. The summed E-state index contributed by atoms with van der Waals surface area (Å²) in [5.41, 5.74) is 0.741. The molecule has 0 spiro atoms. The minimum atomic E-state index is -3.70. The van der Waals surface area contributed by atoms with Gasteiger partial charge in [0.2, 0.25) is 0 Å². The van der Waals surface area contributed by atoms with Gasteiger partial charge in [0.05, 0.1) is 30.4 Å². The number of nitrogens with zero attached hydrogens (tertiary/aromatic N) is 2. The molecule has 0 radical (unpaired) electrons. The van der Waals surface area contributed by atoms with E-state index in [1.54, 1.807) is 54.6 Å². The maximum atomic E-state index is 14.3. The highest BCUT2D eigenvalue weighted by Crippen LogP contribution is 2.29. The number of urea groups is 1. The molecule has 1 aliphatic heterocycles. The molecule has 4 rings (SSSR count). The quantitative estimate of drug-likeness (QED) is 0.344. The van der Waals surface area contributed by atoms with Crippen LogP contribution in [0.15, 0.2) is 39.9 Å². The Hall–Kier alpha value is -2.71. The largest absolute Gasteiger partial charge is 0.490 e. The number of likely N-dealkylation sites (N-methyl/N-ethyl adjacent to an activating group) is 1. The summed E-state index contributed by atoms with van der Waals surface area (Å²) >= 11 is 1.17. The zero-order valence-corrected chi connectivity index (χ0v) is 29.1. The van der Waals surface area contributed by atoms with Gasteiger partial charge in [-0.15, -0.1) is 11.3 Å². The monoisotopic (exact) mass is 678 g/mol. The molecule has 0 bridgehead atoms. The lowest BCUT2D eigenvalue weighted by Crippen LogP contribution is -2.48. The van der Waals surface area contributed by atoms with Gasteiger partial charge in [-0.25, -0.2) is 13.2 Å². The van der Waals surface area contributed by atoms with Gasteiger partial charge < -0.3 is 30.1 Å². The van der Waals surface area contributed by atoms with E-state index in [-0.39, 0.29) is 59.5 Å². The fourth-order valence-electron chi connectivity index (χ4n) is 5.98. The number of amides is 3. The van der Waals surface area contributed by atoms with Crippen molar-refractivity contribution in [2.24, 2.45) is 5.92 Å². The van der Waals surface area contributed by atoms with E-state index in [1.165, 1.54) is 22.1 Å². The molecule has 256 valence electrons. The lowest BCUT2D eigenvalue weighted by molar-refractivity contribution is -0.00832.